The molecule has 0 saturated heterocycles. The van der Waals surface area contributed by atoms with E-state index in [1.165, 1.54) is 0 Å². The van der Waals surface area contributed by atoms with E-state index in [1.54, 1.807) is 7.11 Å². The molecule has 0 heterocycles. The molecule has 0 unspecified atom stereocenters. The number of hydrogen-bond acceptors (Lipinski definition) is 4. The van der Waals surface area contributed by atoms with Gasteiger partial charge in [0.25, 0.3) is 0 Å². The van der Waals surface area contributed by atoms with Crippen LogP contribution in [0.25, 0.3) is 0 Å². The predicted molar refractivity (Wildman–Crippen MR) is 108 cm³/mol. The van der Waals surface area contributed by atoms with Gasteiger partial charge in [0.05, 0.1) is 26.9 Å². The first-order chi connectivity index (χ1) is 11.2. The van der Waals surface area contributed by atoms with Crippen LogP contribution in [0.1, 0.15) is 26.7 Å². The van der Waals surface area contributed by atoms with E-state index >= 15 is 0 Å². The quantitative estimate of drug-likeness (QED) is 0.324. The number of aliphatic hydroxyl groups is 1. The zero-order valence-corrected chi connectivity index (χ0v) is 16.9. The zero-order chi connectivity index (χ0) is 16.7. The van der Waals surface area contributed by atoms with Gasteiger partial charge >= 0.3 is 0 Å². The third-order valence-electron chi connectivity index (χ3n) is 3.94. The Morgan fingerprint density at radius 2 is 2.04 bits per heavy atom. The average molecular weight is 449 g/mol. The van der Waals surface area contributed by atoms with Gasteiger partial charge in [-0.2, -0.15) is 0 Å². The van der Waals surface area contributed by atoms with Crippen molar-refractivity contribution in [3.63, 3.8) is 0 Å². The van der Waals surface area contributed by atoms with Gasteiger partial charge in [-0.1, -0.05) is 0 Å². The second kappa shape index (κ2) is 9.93. The van der Waals surface area contributed by atoms with Crippen LogP contribution in [0.3, 0.4) is 0 Å². The Kier molecular flexibility index (Phi) is 8.61. The second-order valence-electron chi connectivity index (χ2n) is 5.78. The van der Waals surface area contributed by atoms with Crippen LogP contribution in [0.2, 0.25) is 0 Å². The molecule has 0 radical (unpaired) electrons. The van der Waals surface area contributed by atoms with Crippen molar-refractivity contribution >= 4 is 35.6 Å². The van der Waals surface area contributed by atoms with E-state index < -0.39 is 0 Å². The van der Waals surface area contributed by atoms with Gasteiger partial charge in [0.1, 0.15) is 0 Å². The number of nitrogens with zero attached hydrogens (tertiary/aromatic N) is 1. The third kappa shape index (κ3) is 5.70. The summed E-state index contributed by atoms with van der Waals surface area (Å²) < 4.78 is 10.9. The maximum atomic E-state index is 9.40. The first-order valence-electron chi connectivity index (χ1n) is 8.13. The monoisotopic (exact) mass is 449 g/mol. The minimum atomic E-state index is -0.00125. The SMILES string of the molecule is CCNC(=NCC1(CO)CC1)Nc1ccc(OC)c(OCC)c1.I. The number of halogens is 1. The molecule has 0 aliphatic heterocycles. The van der Waals surface area contributed by atoms with E-state index in [0.29, 0.717) is 30.6 Å². The summed E-state index contributed by atoms with van der Waals surface area (Å²) in [5.74, 6) is 2.11. The van der Waals surface area contributed by atoms with E-state index in [4.69, 9.17) is 9.47 Å². The number of hydrogen-bond donors (Lipinski definition) is 3. The summed E-state index contributed by atoms with van der Waals surface area (Å²) in [5.41, 5.74) is 0.876. The molecule has 7 heteroatoms. The summed E-state index contributed by atoms with van der Waals surface area (Å²) in [4.78, 5) is 4.59. The summed E-state index contributed by atoms with van der Waals surface area (Å²) in [5, 5.41) is 15.9. The summed E-state index contributed by atoms with van der Waals surface area (Å²) in [7, 11) is 1.63. The molecule has 0 amide bonds. The van der Waals surface area contributed by atoms with Gasteiger partial charge in [0, 0.05) is 23.7 Å². The molecular formula is C17H28IN3O3. The van der Waals surface area contributed by atoms with E-state index in [9.17, 15) is 5.11 Å². The van der Waals surface area contributed by atoms with Crippen LogP contribution in [0.4, 0.5) is 5.69 Å². The molecule has 1 aliphatic carbocycles. The van der Waals surface area contributed by atoms with Crippen LogP contribution in [-0.2, 0) is 0 Å². The van der Waals surface area contributed by atoms with Crippen LogP contribution < -0.4 is 20.1 Å². The molecule has 1 aromatic carbocycles. The van der Waals surface area contributed by atoms with Gasteiger partial charge < -0.3 is 25.2 Å². The van der Waals surface area contributed by atoms with Gasteiger partial charge in [-0.3, -0.25) is 4.99 Å². The summed E-state index contributed by atoms with van der Waals surface area (Å²) in [6, 6.07) is 5.69. The highest BCUT2D eigenvalue weighted by Gasteiger charge is 2.41. The van der Waals surface area contributed by atoms with Crippen molar-refractivity contribution in [2.24, 2.45) is 10.4 Å². The first-order valence-corrected chi connectivity index (χ1v) is 8.13. The van der Waals surface area contributed by atoms with Crippen LogP contribution >= 0.6 is 24.0 Å². The van der Waals surface area contributed by atoms with Crippen molar-refractivity contribution in [2.45, 2.75) is 26.7 Å². The Hall–Kier alpha value is -1.22. The molecule has 1 aromatic rings. The van der Waals surface area contributed by atoms with Crippen LogP contribution in [0, 0.1) is 5.41 Å². The van der Waals surface area contributed by atoms with Gasteiger partial charge in [-0.25, -0.2) is 0 Å². The molecule has 1 fully saturated rings. The largest absolute Gasteiger partial charge is 0.493 e. The fourth-order valence-electron chi connectivity index (χ4n) is 2.26. The van der Waals surface area contributed by atoms with E-state index in [1.807, 2.05) is 32.0 Å². The molecule has 0 bridgehead atoms. The number of guanidine groups is 1. The zero-order valence-electron chi connectivity index (χ0n) is 14.6. The van der Waals surface area contributed by atoms with Crippen molar-refractivity contribution < 1.29 is 14.6 Å². The summed E-state index contributed by atoms with van der Waals surface area (Å²) in [6.45, 7) is 6.14. The second-order valence-corrected chi connectivity index (χ2v) is 5.78. The van der Waals surface area contributed by atoms with Crippen LogP contribution in [0.5, 0.6) is 11.5 Å². The molecule has 0 atom stereocenters. The summed E-state index contributed by atoms with van der Waals surface area (Å²) in [6.07, 6.45) is 2.09. The maximum Gasteiger partial charge on any atom is 0.195 e. The van der Waals surface area contributed by atoms with Crippen molar-refractivity contribution in [3.8, 4) is 11.5 Å². The number of benzene rings is 1. The van der Waals surface area contributed by atoms with Gasteiger partial charge in [-0.15, -0.1) is 24.0 Å². The van der Waals surface area contributed by atoms with E-state index in [0.717, 1.165) is 25.1 Å². The molecular weight excluding hydrogens is 421 g/mol. The lowest BCUT2D eigenvalue weighted by Gasteiger charge is -2.15. The lowest BCUT2D eigenvalue weighted by Crippen LogP contribution is -2.31. The van der Waals surface area contributed by atoms with Crippen molar-refractivity contribution in [3.05, 3.63) is 18.2 Å². The topological polar surface area (TPSA) is 75.1 Å². The molecule has 6 nitrogen and oxygen atoms in total. The average Bonchev–Trinajstić information content (AvgIpc) is 3.34. The number of nitrogens with one attached hydrogen (secondary N) is 2. The standard InChI is InChI=1S/C17H27N3O3.HI/c1-4-18-16(19-11-17(12-21)8-9-17)20-13-6-7-14(22-3)15(10-13)23-5-2;/h6-7,10,21H,4-5,8-9,11-12H2,1-3H3,(H2,18,19,20);1H. The van der Waals surface area contributed by atoms with Gasteiger partial charge in [-0.05, 0) is 38.8 Å². The van der Waals surface area contributed by atoms with Crippen LogP contribution in [0.15, 0.2) is 23.2 Å². The van der Waals surface area contributed by atoms with Gasteiger partial charge in [0.15, 0.2) is 17.5 Å². The Balaban J connectivity index is 0.00000288. The lowest BCUT2D eigenvalue weighted by atomic mass is 10.1. The third-order valence-corrected chi connectivity index (χ3v) is 3.94. The smallest absolute Gasteiger partial charge is 0.195 e. The Bertz CT molecular complexity index is 548. The highest BCUT2D eigenvalue weighted by atomic mass is 127. The minimum absolute atomic E-state index is 0. The Labute approximate surface area is 161 Å². The number of aliphatic imine (C=N–C) groups is 1. The van der Waals surface area contributed by atoms with E-state index in [-0.39, 0.29) is 36.0 Å². The van der Waals surface area contributed by atoms with Crippen molar-refractivity contribution in [1.29, 1.82) is 0 Å². The first kappa shape index (κ1) is 20.8. The number of ether oxygens (including phenoxy) is 2. The Morgan fingerprint density at radius 1 is 1.29 bits per heavy atom. The number of rotatable bonds is 8. The van der Waals surface area contributed by atoms with Crippen molar-refractivity contribution in [2.75, 3.05) is 38.7 Å². The molecule has 24 heavy (non-hydrogen) atoms. The number of methoxy groups -OCH3 is 1. The minimum Gasteiger partial charge on any atom is -0.493 e. The molecule has 0 aromatic heterocycles. The molecule has 3 N–H and O–H groups in total. The van der Waals surface area contributed by atoms with E-state index in [2.05, 4.69) is 15.6 Å². The highest BCUT2D eigenvalue weighted by Crippen LogP contribution is 2.45. The fraction of sp³-hybridized carbons (Fsp3) is 0.588. The summed E-state index contributed by atoms with van der Waals surface area (Å²) >= 11 is 0. The maximum absolute atomic E-state index is 9.40. The molecule has 0 spiro atoms. The Morgan fingerprint density at radius 3 is 2.58 bits per heavy atom. The fourth-order valence-corrected chi connectivity index (χ4v) is 2.26. The normalized spacial score (nSPS) is 15.2. The van der Waals surface area contributed by atoms with Gasteiger partial charge in [0.2, 0.25) is 0 Å². The lowest BCUT2D eigenvalue weighted by molar-refractivity contribution is 0.217. The van der Waals surface area contributed by atoms with Crippen LogP contribution in [-0.4, -0.2) is 44.5 Å². The highest BCUT2D eigenvalue weighted by molar-refractivity contribution is 14.0. The predicted octanol–water partition coefficient (Wildman–Crippen LogP) is 2.86. The molecule has 2 rings (SSSR count). The molecule has 1 saturated carbocycles. The number of anilines is 1. The molecule has 1 aliphatic rings. The molecule has 136 valence electrons. The number of aliphatic hydroxyl groups excluding tert-OH is 1. The van der Waals surface area contributed by atoms with Crippen molar-refractivity contribution in [1.82, 2.24) is 5.32 Å².